The molecule has 0 aliphatic heterocycles. The van der Waals surface area contributed by atoms with E-state index in [1.54, 1.807) is 0 Å². The summed E-state index contributed by atoms with van der Waals surface area (Å²) in [6.07, 6.45) is 0. The second-order valence-corrected chi connectivity index (χ2v) is 18.1. The zero-order valence-electron chi connectivity index (χ0n) is 34.9. The number of rotatable bonds is 4. The van der Waals surface area contributed by atoms with Crippen LogP contribution >= 0.6 is 0 Å². The molecule has 0 bridgehead atoms. The Morgan fingerprint density at radius 2 is 0.952 bits per heavy atom. The topological polar surface area (TPSA) is 52.1 Å². The SMILES string of the molecule is CC1(C)c2ccccc2-c2cc3c(cc21)-c1ccc(-c2ccc4oc5c(-c6cc(-c7ccc8c(c7)oc7ccccc78)nc(-c7ccccc7)n6)cccc5c4c2)cc1C3(C)C. The molecule has 294 valence electrons. The summed E-state index contributed by atoms with van der Waals surface area (Å²) in [5, 5.41) is 4.32. The van der Waals surface area contributed by atoms with Crippen LogP contribution in [0.2, 0.25) is 0 Å². The molecular weight excluding hydrogens is 757 g/mol. The van der Waals surface area contributed by atoms with Crippen molar-refractivity contribution in [1.82, 2.24) is 9.97 Å². The van der Waals surface area contributed by atoms with E-state index in [4.69, 9.17) is 18.8 Å². The lowest BCUT2D eigenvalue weighted by atomic mass is 9.79. The van der Waals surface area contributed by atoms with Crippen LogP contribution < -0.4 is 0 Å². The van der Waals surface area contributed by atoms with Gasteiger partial charge in [-0.25, -0.2) is 9.97 Å². The second-order valence-electron chi connectivity index (χ2n) is 18.1. The summed E-state index contributed by atoms with van der Waals surface area (Å²) in [5.41, 5.74) is 21.0. The minimum Gasteiger partial charge on any atom is -0.456 e. The van der Waals surface area contributed by atoms with Gasteiger partial charge in [0.1, 0.15) is 22.3 Å². The van der Waals surface area contributed by atoms with E-state index in [0.29, 0.717) is 5.82 Å². The van der Waals surface area contributed by atoms with Crippen molar-refractivity contribution in [3.05, 3.63) is 192 Å². The average Bonchev–Trinajstić information content (AvgIpc) is 4.00. The van der Waals surface area contributed by atoms with Crippen molar-refractivity contribution in [2.24, 2.45) is 0 Å². The molecule has 0 atom stereocenters. The van der Waals surface area contributed by atoms with Crippen molar-refractivity contribution < 1.29 is 8.83 Å². The maximum atomic E-state index is 6.77. The van der Waals surface area contributed by atoms with Gasteiger partial charge in [0.15, 0.2) is 5.82 Å². The lowest BCUT2D eigenvalue weighted by Gasteiger charge is -2.24. The maximum Gasteiger partial charge on any atom is 0.160 e. The number of para-hydroxylation sites is 2. The van der Waals surface area contributed by atoms with E-state index in [1.807, 2.05) is 36.4 Å². The third kappa shape index (κ3) is 4.95. The molecule has 2 aliphatic carbocycles. The molecule has 11 aromatic rings. The van der Waals surface area contributed by atoms with Crippen LogP contribution in [0.1, 0.15) is 49.9 Å². The van der Waals surface area contributed by atoms with Crippen molar-refractivity contribution in [1.29, 1.82) is 0 Å². The molecule has 13 rings (SSSR count). The van der Waals surface area contributed by atoms with Crippen molar-refractivity contribution in [3.63, 3.8) is 0 Å². The Kier molecular flexibility index (Phi) is 7.10. The molecule has 4 heteroatoms. The highest BCUT2D eigenvalue weighted by molar-refractivity contribution is 6.11. The lowest BCUT2D eigenvalue weighted by molar-refractivity contribution is 0.652. The van der Waals surface area contributed by atoms with Gasteiger partial charge in [-0.3, -0.25) is 0 Å². The Morgan fingerprint density at radius 3 is 1.81 bits per heavy atom. The number of hydrogen-bond acceptors (Lipinski definition) is 4. The van der Waals surface area contributed by atoms with E-state index in [-0.39, 0.29) is 10.8 Å². The Balaban J connectivity index is 0.913. The Labute approximate surface area is 359 Å². The zero-order valence-corrected chi connectivity index (χ0v) is 34.9. The zero-order chi connectivity index (χ0) is 41.5. The van der Waals surface area contributed by atoms with Crippen molar-refractivity contribution in [2.45, 2.75) is 38.5 Å². The number of aromatic nitrogens is 2. The van der Waals surface area contributed by atoms with Crippen LogP contribution in [0.5, 0.6) is 0 Å². The van der Waals surface area contributed by atoms with Crippen LogP contribution in [-0.2, 0) is 10.8 Å². The molecule has 2 aliphatic rings. The third-order valence-electron chi connectivity index (χ3n) is 13.9. The minimum absolute atomic E-state index is 0.0402. The van der Waals surface area contributed by atoms with E-state index in [2.05, 4.69) is 161 Å². The second kappa shape index (κ2) is 12.5. The first-order valence-electron chi connectivity index (χ1n) is 21.5. The quantitative estimate of drug-likeness (QED) is 0.178. The molecule has 0 unspecified atom stereocenters. The molecule has 4 nitrogen and oxygen atoms in total. The summed E-state index contributed by atoms with van der Waals surface area (Å²) in [6.45, 7) is 9.49. The van der Waals surface area contributed by atoms with Crippen molar-refractivity contribution >= 4 is 43.9 Å². The predicted molar refractivity (Wildman–Crippen MR) is 253 cm³/mol. The highest BCUT2D eigenvalue weighted by Crippen LogP contribution is 2.56. The molecule has 0 amide bonds. The normalized spacial score (nSPS) is 14.4. The smallest absolute Gasteiger partial charge is 0.160 e. The summed E-state index contributed by atoms with van der Waals surface area (Å²) in [6, 6.07) is 60.7. The lowest BCUT2D eigenvalue weighted by Crippen LogP contribution is -2.17. The fraction of sp³-hybridized carbons (Fsp3) is 0.103. The molecule has 0 fully saturated rings. The summed E-state index contributed by atoms with van der Waals surface area (Å²) in [4.78, 5) is 10.3. The third-order valence-corrected chi connectivity index (χ3v) is 13.9. The average molecular weight is 797 g/mol. The van der Waals surface area contributed by atoms with E-state index in [9.17, 15) is 0 Å². The van der Waals surface area contributed by atoms with Crippen LogP contribution in [0.3, 0.4) is 0 Å². The van der Waals surface area contributed by atoms with Crippen LogP contribution in [0.4, 0.5) is 0 Å². The molecule has 3 aromatic heterocycles. The maximum absolute atomic E-state index is 6.77. The largest absolute Gasteiger partial charge is 0.456 e. The van der Waals surface area contributed by atoms with Crippen LogP contribution in [0, 0.1) is 0 Å². The van der Waals surface area contributed by atoms with Gasteiger partial charge in [-0.2, -0.15) is 0 Å². The highest BCUT2D eigenvalue weighted by Gasteiger charge is 2.41. The molecule has 0 spiro atoms. The molecule has 0 radical (unpaired) electrons. The Morgan fingerprint density at radius 1 is 0.339 bits per heavy atom. The summed E-state index contributed by atoms with van der Waals surface area (Å²) >= 11 is 0. The number of hydrogen-bond donors (Lipinski definition) is 0. The molecular formula is C58H40N2O2. The first kappa shape index (κ1) is 35.2. The van der Waals surface area contributed by atoms with E-state index in [0.717, 1.165) is 77.5 Å². The first-order chi connectivity index (χ1) is 30.2. The number of nitrogens with zero attached hydrogens (tertiary/aromatic N) is 2. The van der Waals surface area contributed by atoms with Gasteiger partial charge in [-0.05, 0) is 116 Å². The monoisotopic (exact) mass is 796 g/mol. The van der Waals surface area contributed by atoms with Gasteiger partial charge in [0.25, 0.3) is 0 Å². The van der Waals surface area contributed by atoms with Gasteiger partial charge in [0.2, 0.25) is 0 Å². The molecule has 3 heterocycles. The Hall–Kier alpha value is -7.56. The van der Waals surface area contributed by atoms with E-state index in [1.165, 1.54) is 50.1 Å². The minimum atomic E-state index is -0.147. The van der Waals surface area contributed by atoms with Gasteiger partial charge >= 0.3 is 0 Å². The molecule has 8 aromatic carbocycles. The summed E-state index contributed by atoms with van der Waals surface area (Å²) in [7, 11) is 0. The summed E-state index contributed by atoms with van der Waals surface area (Å²) in [5.74, 6) is 0.651. The number of benzene rings is 8. The van der Waals surface area contributed by atoms with Crippen LogP contribution in [0.25, 0.3) is 111 Å². The van der Waals surface area contributed by atoms with Gasteiger partial charge in [0.05, 0.1) is 11.4 Å². The first-order valence-corrected chi connectivity index (χ1v) is 21.5. The molecule has 0 N–H and O–H groups in total. The van der Waals surface area contributed by atoms with Crippen LogP contribution in [0.15, 0.2) is 179 Å². The van der Waals surface area contributed by atoms with Gasteiger partial charge in [-0.15, -0.1) is 0 Å². The fourth-order valence-corrected chi connectivity index (χ4v) is 10.6. The predicted octanol–water partition coefficient (Wildman–Crippen LogP) is 15.6. The number of furan rings is 2. The van der Waals surface area contributed by atoms with E-state index >= 15 is 0 Å². The molecule has 62 heavy (non-hydrogen) atoms. The van der Waals surface area contributed by atoms with Crippen molar-refractivity contribution in [2.75, 3.05) is 0 Å². The van der Waals surface area contributed by atoms with Crippen LogP contribution in [-0.4, -0.2) is 9.97 Å². The molecule has 0 saturated heterocycles. The summed E-state index contributed by atoms with van der Waals surface area (Å²) < 4.78 is 13.1. The Bertz CT molecular complexity index is 3700. The van der Waals surface area contributed by atoms with Gasteiger partial charge < -0.3 is 8.83 Å². The highest BCUT2D eigenvalue weighted by atomic mass is 16.3. The van der Waals surface area contributed by atoms with E-state index < -0.39 is 0 Å². The van der Waals surface area contributed by atoms with Gasteiger partial charge in [0, 0.05) is 49.1 Å². The fourth-order valence-electron chi connectivity index (χ4n) is 10.6. The van der Waals surface area contributed by atoms with Gasteiger partial charge in [-0.1, -0.05) is 137 Å². The van der Waals surface area contributed by atoms with Crippen molar-refractivity contribution in [3.8, 4) is 67.3 Å². The number of fused-ring (bicyclic) bond motifs is 12. The standard InChI is InChI=1S/C58H40N2O2/c1-57(2)46-19-10-8-15-37(46)43-30-49-44(31-48(43)57)38-24-21-35(28-47(38)58(49,3)4)34-23-26-53-45(27-34)41-17-12-18-42(55(41)62-53)51-32-50(59-56(60-51)33-13-6-5-7-14-33)36-22-25-40-39-16-9-11-20-52(39)61-54(40)29-36/h5-32H,1-4H3. The molecule has 0 saturated carbocycles.